The second-order valence-electron chi connectivity index (χ2n) is 5.61. The molecule has 0 saturated heterocycles. The monoisotopic (exact) mass is 394 g/mol. The molecular weight excluding hydrogens is 379 g/mol. The number of carbonyl (C=O) groups is 1. The van der Waals surface area contributed by atoms with Crippen LogP contribution in [0.3, 0.4) is 0 Å². The fraction of sp³-hybridized carbons (Fsp3) is 0.222. The van der Waals surface area contributed by atoms with Crippen LogP contribution < -0.4 is 10.1 Å². The Labute approximate surface area is 159 Å². The highest BCUT2D eigenvalue weighted by molar-refractivity contribution is 7.18. The zero-order valence-electron chi connectivity index (χ0n) is 13.5. The fourth-order valence-corrected chi connectivity index (χ4v) is 3.74. The lowest BCUT2D eigenvalue weighted by Crippen LogP contribution is -2.37. The molecule has 0 radical (unpaired) electrons. The molecule has 1 N–H and O–H groups in total. The molecule has 1 unspecified atom stereocenters. The number of para-hydroxylation sites is 1. The Bertz CT molecular complexity index is 865. The first kappa shape index (κ1) is 18.0. The molecule has 3 rings (SSSR count). The van der Waals surface area contributed by atoms with Gasteiger partial charge in [-0.1, -0.05) is 35.3 Å². The highest BCUT2D eigenvalue weighted by atomic mass is 35.5. The van der Waals surface area contributed by atoms with Crippen LogP contribution in [0.5, 0.6) is 5.75 Å². The van der Waals surface area contributed by atoms with E-state index in [4.69, 9.17) is 27.9 Å². The second-order valence-corrected chi connectivity index (χ2v) is 7.54. The Kier molecular flexibility index (Phi) is 5.78. The number of ether oxygens (including phenoxy) is 1. The average Bonchev–Trinajstić information content (AvgIpc) is 2.97. The molecule has 0 aliphatic heterocycles. The average molecular weight is 395 g/mol. The standard InChI is InChI=1S/C18H16Cl2N2O2S/c1-11(8-18-22-15-4-2-3-5-16(15)25-18)21-17(23)10-24-12-6-7-13(19)14(20)9-12/h2-7,9,11H,8,10H2,1H3,(H,21,23). The highest BCUT2D eigenvalue weighted by Crippen LogP contribution is 2.26. The largest absolute Gasteiger partial charge is 0.484 e. The first-order valence-corrected chi connectivity index (χ1v) is 9.30. The van der Waals surface area contributed by atoms with Crippen molar-refractivity contribution in [2.45, 2.75) is 19.4 Å². The minimum atomic E-state index is -0.195. The maximum atomic E-state index is 12.0. The number of hydrogen-bond donors (Lipinski definition) is 1. The molecule has 1 heterocycles. The molecule has 0 bridgehead atoms. The third kappa shape index (κ3) is 4.84. The number of rotatable bonds is 6. The molecule has 0 saturated carbocycles. The predicted octanol–water partition coefficient (Wildman–Crippen LogP) is 4.73. The van der Waals surface area contributed by atoms with Crippen LogP contribution in [0.25, 0.3) is 10.2 Å². The quantitative estimate of drug-likeness (QED) is 0.657. The van der Waals surface area contributed by atoms with E-state index in [0.717, 1.165) is 15.2 Å². The Morgan fingerprint density at radius 1 is 1.24 bits per heavy atom. The number of amides is 1. The molecule has 0 fully saturated rings. The van der Waals surface area contributed by atoms with Crippen molar-refractivity contribution in [2.75, 3.05) is 6.61 Å². The van der Waals surface area contributed by atoms with Crippen LogP contribution >= 0.6 is 34.5 Å². The normalized spacial score (nSPS) is 12.1. The summed E-state index contributed by atoms with van der Waals surface area (Å²) in [4.78, 5) is 16.6. The van der Waals surface area contributed by atoms with Gasteiger partial charge in [0.1, 0.15) is 5.75 Å². The first-order valence-electron chi connectivity index (χ1n) is 7.73. The van der Waals surface area contributed by atoms with E-state index >= 15 is 0 Å². The number of fused-ring (bicyclic) bond motifs is 1. The molecule has 0 aliphatic carbocycles. The molecule has 130 valence electrons. The van der Waals surface area contributed by atoms with E-state index in [2.05, 4.69) is 10.3 Å². The zero-order chi connectivity index (χ0) is 17.8. The third-order valence-electron chi connectivity index (χ3n) is 3.49. The summed E-state index contributed by atoms with van der Waals surface area (Å²) in [6.45, 7) is 1.87. The van der Waals surface area contributed by atoms with Crippen LogP contribution in [0.1, 0.15) is 11.9 Å². The molecule has 1 aromatic heterocycles. The summed E-state index contributed by atoms with van der Waals surface area (Å²) in [6, 6.07) is 12.9. The van der Waals surface area contributed by atoms with Crippen LogP contribution in [0.4, 0.5) is 0 Å². The van der Waals surface area contributed by atoms with Crippen LogP contribution in [0.2, 0.25) is 10.0 Å². The maximum Gasteiger partial charge on any atom is 0.258 e. The Hall–Kier alpha value is -1.82. The van der Waals surface area contributed by atoms with E-state index in [0.29, 0.717) is 22.2 Å². The zero-order valence-corrected chi connectivity index (χ0v) is 15.8. The minimum Gasteiger partial charge on any atom is -0.484 e. The Balaban J connectivity index is 1.50. The summed E-state index contributed by atoms with van der Waals surface area (Å²) in [5, 5.41) is 4.75. The molecule has 1 atom stereocenters. The molecule has 1 amide bonds. The first-order chi connectivity index (χ1) is 12.0. The van der Waals surface area contributed by atoms with Gasteiger partial charge < -0.3 is 10.1 Å². The highest BCUT2D eigenvalue weighted by Gasteiger charge is 2.12. The molecule has 0 spiro atoms. The van der Waals surface area contributed by atoms with Crippen LogP contribution in [-0.4, -0.2) is 23.5 Å². The van der Waals surface area contributed by atoms with E-state index in [-0.39, 0.29) is 18.6 Å². The Morgan fingerprint density at radius 3 is 2.80 bits per heavy atom. The number of nitrogens with zero attached hydrogens (tertiary/aromatic N) is 1. The van der Waals surface area contributed by atoms with Crippen LogP contribution in [0.15, 0.2) is 42.5 Å². The number of aromatic nitrogens is 1. The van der Waals surface area contributed by atoms with E-state index in [1.165, 1.54) is 0 Å². The topological polar surface area (TPSA) is 51.2 Å². The summed E-state index contributed by atoms with van der Waals surface area (Å²) in [5.74, 6) is 0.308. The van der Waals surface area contributed by atoms with Crippen molar-refractivity contribution >= 4 is 50.7 Å². The number of halogens is 2. The molecular formula is C18H16Cl2N2O2S. The molecule has 0 aliphatic rings. The van der Waals surface area contributed by atoms with Crippen molar-refractivity contribution in [3.05, 3.63) is 57.5 Å². The van der Waals surface area contributed by atoms with Crippen LogP contribution in [0, 0.1) is 0 Å². The van der Waals surface area contributed by atoms with E-state index in [9.17, 15) is 4.79 Å². The summed E-state index contributed by atoms with van der Waals surface area (Å²) in [7, 11) is 0. The van der Waals surface area contributed by atoms with Crippen molar-refractivity contribution in [1.29, 1.82) is 0 Å². The SMILES string of the molecule is CC(Cc1nc2ccccc2s1)NC(=O)COc1ccc(Cl)c(Cl)c1. The number of carbonyl (C=O) groups excluding carboxylic acids is 1. The number of nitrogens with one attached hydrogen (secondary N) is 1. The lowest BCUT2D eigenvalue weighted by molar-refractivity contribution is -0.123. The molecule has 2 aromatic carbocycles. The Morgan fingerprint density at radius 2 is 2.04 bits per heavy atom. The summed E-state index contributed by atoms with van der Waals surface area (Å²) in [6.07, 6.45) is 0.678. The van der Waals surface area contributed by atoms with Gasteiger partial charge in [-0.2, -0.15) is 0 Å². The molecule has 4 nitrogen and oxygen atoms in total. The second kappa shape index (κ2) is 8.04. The summed E-state index contributed by atoms with van der Waals surface area (Å²) < 4.78 is 6.59. The number of thiazole rings is 1. The van der Waals surface area contributed by atoms with Gasteiger partial charge in [-0.05, 0) is 31.2 Å². The van der Waals surface area contributed by atoms with E-state index < -0.39 is 0 Å². The van der Waals surface area contributed by atoms with Gasteiger partial charge in [0.25, 0.3) is 5.91 Å². The van der Waals surface area contributed by atoms with Gasteiger partial charge in [-0.25, -0.2) is 4.98 Å². The van der Waals surface area contributed by atoms with Gasteiger partial charge in [0.15, 0.2) is 6.61 Å². The van der Waals surface area contributed by atoms with Gasteiger partial charge in [0.2, 0.25) is 0 Å². The lowest BCUT2D eigenvalue weighted by atomic mass is 10.2. The van der Waals surface area contributed by atoms with Crippen molar-refractivity contribution in [3.63, 3.8) is 0 Å². The maximum absolute atomic E-state index is 12.0. The van der Waals surface area contributed by atoms with Gasteiger partial charge in [-0.15, -0.1) is 11.3 Å². The van der Waals surface area contributed by atoms with Gasteiger partial charge in [-0.3, -0.25) is 4.79 Å². The molecule has 25 heavy (non-hydrogen) atoms. The molecule has 7 heteroatoms. The van der Waals surface area contributed by atoms with Gasteiger partial charge in [0, 0.05) is 18.5 Å². The van der Waals surface area contributed by atoms with Gasteiger partial charge >= 0.3 is 0 Å². The molecule has 3 aromatic rings. The van der Waals surface area contributed by atoms with Crippen molar-refractivity contribution in [3.8, 4) is 5.75 Å². The van der Waals surface area contributed by atoms with E-state index in [1.807, 2.05) is 31.2 Å². The third-order valence-corrected chi connectivity index (χ3v) is 5.29. The summed E-state index contributed by atoms with van der Waals surface area (Å²) in [5.41, 5.74) is 0.990. The predicted molar refractivity (Wildman–Crippen MR) is 103 cm³/mol. The van der Waals surface area contributed by atoms with Crippen molar-refractivity contribution < 1.29 is 9.53 Å². The number of hydrogen-bond acceptors (Lipinski definition) is 4. The van der Waals surface area contributed by atoms with Gasteiger partial charge in [0.05, 0.1) is 25.3 Å². The smallest absolute Gasteiger partial charge is 0.258 e. The fourth-order valence-electron chi connectivity index (χ4n) is 2.35. The van der Waals surface area contributed by atoms with E-state index in [1.54, 1.807) is 29.5 Å². The number of benzene rings is 2. The van der Waals surface area contributed by atoms with Crippen molar-refractivity contribution in [1.82, 2.24) is 10.3 Å². The van der Waals surface area contributed by atoms with Crippen molar-refractivity contribution in [2.24, 2.45) is 0 Å². The lowest BCUT2D eigenvalue weighted by Gasteiger charge is -2.13. The summed E-state index contributed by atoms with van der Waals surface area (Å²) >= 11 is 13.4. The minimum absolute atomic E-state index is 0.0366. The van der Waals surface area contributed by atoms with Crippen LogP contribution in [-0.2, 0) is 11.2 Å².